The van der Waals surface area contributed by atoms with Crippen LogP contribution >= 0.6 is 0 Å². The van der Waals surface area contributed by atoms with Gasteiger partial charge in [0.25, 0.3) is 5.91 Å². The van der Waals surface area contributed by atoms with Gasteiger partial charge in [-0.1, -0.05) is 12.1 Å². The van der Waals surface area contributed by atoms with Crippen LogP contribution in [-0.2, 0) is 11.2 Å². The highest BCUT2D eigenvalue weighted by Crippen LogP contribution is 2.28. The van der Waals surface area contributed by atoms with Crippen LogP contribution in [0.15, 0.2) is 24.3 Å². The molecule has 3 rings (SSSR count). The Bertz CT molecular complexity index is 890. The van der Waals surface area contributed by atoms with Crippen molar-refractivity contribution in [3.05, 3.63) is 52.6 Å². The molecular formula is C22H28N4O3. The SMILES string of the molecule is CCOc1ccccc1C(=O)N1CCC[C@@H](c2nc(C)c(CC(N)=O)c(C)n2)C1. The molecule has 2 aromatic rings. The van der Waals surface area contributed by atoms with E-state index in [1.807, 2.05) is 43.9 Å². The molecule has 154 valence electrons. The number of ether oxygens (including phenoxy) is 1. The zero-order valence-electron chi connectivity index (χ0n) is 17.3. The topological polar surface area (TPSA) is 98.4 Å². The number of amides is 2. The molecule has 7 nitrogen and oxygen atoms in total. The van der Waals surface area contributed by atoms with Crippen molar-refractivity contribution < 1.29 is 14.3 Å². The molecular weight excluding hydrogens is 368 g/mol. The number of primary amides is 1. The summed E-state index contributed by atoms with van der Waals surface area (Å²) in [5.74, 6) is 0.976. The Labute approximate surface area is 171 Å². The summed E-state index contributed by atoms with van der Waals surface area (Å²) in [5, 5.41) is 0. The Balaban J connectivity index is 1.81. The van der Waals surface area contributed by atoms with Gasteiger partial charge in [0.15, 0.2) is 0 Å². The fourth-order valence-electron chi connectivity index (χ4n) is 3.85. The van der Waals surface area contributed by atoms with Crippen LogP contribution in [0.3, 0.4) is 0 Å². The highest BCUT2D eigenvalue weighted by atomic mass is 16.5. The standard InChI is InChI=1S/C22H28N4O3/c1-4-29-19-10-6-5-9-17(19)22(28)26-11-7-8-16(13-26)21-24-14(2)18(12-20(23)27)15(3)25-21/h5-6,9-10,16H,4,7-8,11-13H2,1-3H3,(H2,23,27)/t16-/m1/s1. The van der Waals surface area contributed by atoms with Gasteiger partial charge in [-0.25, -0.2) is 9.97 Å². The maximum Gasteiger partial charge on any atom is 0.257 e. The number of hydrogen-bond donors (Lipinski definition) is 1. The first kappa shape index (κ1) is 20.8. The molecule has 1 aliphatic heterocycles. The Hall–Kier alpha value is -2.96. The highest BCUT2D eigenvalue weighted by molar-refractivity contribution is 5.97. The van der Waals surface area contributed by atoms with Crippen LogP contribution in [0.25, 0.3) is 0 Å². The molecule has 0 aliphatic carbocycles. The molecule has 0 radical (unpaired) electrons. The van der Waals surface area contributed by atoms with Crippen molar-refractivity contribution in [2.75, 3.05) is 19.7 Å². The fraction of sp³-hybridized carbons (Fsp3) is 0.455. The second-order valence-corrected chi connectivity index (χ2v) is 7.39. The predicted molar refractivity (Wildman–Crippen MR) is 110 cm³/mol. The van der Waals surface area contributed by atoms with E-state index < -0.39 is 5.91 Å². The largest absolute Gasteiger partial charge is 0.493 e. The van der Waals surface area contributed by atoms with E-state index in [0.29, 0.717) is 31.0 Å². The van der Waals surface area contributed by atoms with Crippen molar-refractivity contribution in [2.45, 2.75) is 46.0 Å². The van der Waals surface area contributed by atoms with E-state index >= 15 is 0 Å². The molecule has 0 unspecified atom stereocenters. The van der Waals surface area contributed by atoms with Crippen LogP contribution in [-0.4, -0.2) is 46.4 Å². The number of aromatic nitrogens is 2. The molecule has 29 heavy (non-hydrogen) atoms. The lowest BCUT2D eigenvalue weighted by Crippen LogP contribution is -2.39. The number of hydrogen-bond acceptors (Lipinski definition) is 5. The molecule has 1 saturated heterocycles. The van der Waals surface area contributed by atoms with Gasteiger partial charge in [-0.05, 0) is 45.7 Å². The van der Waals surface area contributed by atoms with Crippen molar-refractivity contribution in [2.24, 2.45) is 5.73 Å². The van der Waals surface area contributed by atoms with E-state index in [1.54, 1.807) is 6.07 Å². The molecule has 1 aliphatic rings. The van der Waals surface area contributed by atoms with Crippen molar-refractivity contribution in [3.63, 3.8) is 0 Å². The lowest BCUT2D eigenvalue weighted by atomic mass is 9.95. The quantitative estimate of drug-likeness (QED) is 0.809. The molecule has 7 heteroatoms. The normalized spacial score (nSPS) is 16.5. The lowest BCUT2D eigenvalue weighted by molar-refractivity contribution is -0.117. The Morgan fingerprint density at radius 3 is 2.55 bits per heavy atom. The zero-order chi connectivity index (χ0) is 21.0. The number of para-hydroxylation sites is 1. The van der Waals surface area contributed by atoms with Gasteiger partial charge in [0.2, 0.25) is 5.91 Å². The van der Waals surface area contributed by atoms with Crippen molar-refractivity contribution >= 4 is 11.8 Å². The van der Waals surface area contributed by atoms with E-state index in [-0.39, 0.29) is 18.2 Å². The van der Waals surface area contributed by atoms with Crippen LogP contribution in [0.4, 0.5) is 0 Å². The molecule has 1 aromatic carbocycles. The molecule has 2 heterocycles. The molecule has 0 bridgehead atoms. The summed E-state index contributed by atoms with van der Waals surface area (Å²) in [6.07, 6.45) is 1.95. The third-order valence-electron chi connectivity index (χ3n) is 5.28. The number of benzene rings is 1. The van der Waals surface area contributed by atoms with Gasteiger partial charge in [0, 0.05) is 36.0 Å². The number of nitrogens with zero attached hydrogens (tertiary/aromatic N) is 3. The molecule has 1 fully saturated rings. The van der Waals surface area contributed by atoms with E-state index in [4.69, 9.17) is 10.5 Å². The smallest absolute Gasteiger partial charge is 0.257 e. The first-order valence-electron chi connectivity index (χ1n) is 10.0. The van der Waals surface area contributed by atoms with E-state index in [0.717, 1.165) is 35.6 Å². The number of piperidine rings is 1. The fourth-order valence-corrected chi connectivity index (χ4v) is 3.85. The van der Waals surface area contributed by atoms with Crippen LogP contribution in [0.5, 0.6) is 5.75 Å². The Morgan fingerprint density at radius 2 is 1.90 bits per heavy atom. The van der Waals surface area contributed by atoms with E-state index in [2.05, 4.69) is 9.97 Å². The summed E-state index contributed by atoms with van der Waals surface area (Å²) < 4.78 is 5.63. The Morgan fingerprint density at radius 1 is 1.21 bits per heavy atom. The summed E-state index contributed by atoms with van der Waals surface area (Å²) in [7, 11) is 0. The minimum atomic E-state index is -0.394. The van der Waals surface area contributed by atoms with E-state index in [1.165, 1.54) is 0 Å². The summed E-state index contributed by atoms with van der Waals surface area (Å²) in [4.78, 5) is 35.6. The number of likely N-dealkylation sites (tertiary alicyclic amines) is 1. The number of aryl methyl sites for hydroxylation is 2. The van der Waals surface area contributed by atoms with Crippen LogP contribution < -0.4 is 10.5 Å². The molecule has 2 amide bonds. The summed E-state index contributed by atoms with van der Waals surface area (Å²) in [6, 6.07) is 7.35. The van der Waals surface area contributed by atoms with Gasteiger partial charge in [-0.15, -0.1) is 0 Å². The third kappa shape index (κ3) is 4.72. The second kappa shape index (κ2) is 9.03. The number of carbonyl (C=O) groups is 2. The minimum Gasteiger partial charge on any atom is -0.493 e. The van der Waals surface area contributed by atoms with Gasteiger partial charge < -0.3 is 15.4 Å². The minimum absolute atomic E-state index is 0.0301. The van der Waals surface area contributed by atoms with Gasteiger partial charge in [-0.2, -0.15) is 0 Å². The number of carbonyl (C=O) groups excluding carboxylic acids is 2. The first-order valence-corrected chi connectivity index (χ1v) is 10.0. The van der Waals surface area contributed by atoms with E-state index in [9.17, 15) is 9.59 Å². The van der Waals surface area contributed by atoms with Crippen molar-refractivity contribution in [3.8, 4) is 5.75 Å². The first-order chi connectivity index (χ1) is 13.9. The van der Waals surface area contributed by atoms with Gasteiger partial charge in [0.1, 0.15) is 11.6 Å². The average molecular weight is 396 g/mol. The predicted octanol–water partition coefficient (Wildman–Crippen LogP) is 2.54. The van der Waals surface area contributed by atoms with Gasteiger partial charge in [-0.3, -0.25) is 9.59 Å². The van der Waals surface area contributed by atoms with Crippen LogP contribution in [0, 0.1) is 13.8 Å². The van der Waals surface area contributed by atoms with Gasteiger partial charge in [0.05, 0.1) is 18.6 Å². The van der Waals surface area contributed by atoms with Crippen LogP contribution in [0.2, 0.25) is 0 Å². The second-order valence-electron chi connectivity index (χ2n) is 7.39. The molecule has 0 spiro atoms. The summed E-state index contributed by atoms with van der Waals surface area (Å²) in [6.45, 7) is 7.43. The van der Waals surface area contributed by atoms with Crippen molar-refractivity contribution in [1.29, 1.82) is 0 Å². The summed E-state index contributed by atoms with van der Waals surface area (Å²) in [5.41, 5.74) is 8.25. The van der Waals surface area contributed by atoms with Crippen molar-refractivity contribution in [1.82, 2.24) is 14.9 Å². The summed E-state index contributed by atoms with van der Waals surface area (Å²) >= 11 is 0. The number of rotatable bonds is 6. The zero-order valence-corrected chi connectivity index (χ0v) is 17.3. The lowest BCUT2D eigenvalue weighted by Gasteiger charge is -2.32. The monoisotopic (exact) mass is 396 g/mol. The number of nitrogens with two attached hydrogens (primary N) is 1. The Kier molecular flexibility index (Phi) is 6.46. The molecule has 1 aromatic heterocycles. The molecule has 1 atom stereocenters. The molecule has 0 saturated carbocycles. The van der Waals surface area contributed by atoms with Crippen LogP contribution in [0.1, 0.15) is 58.8 Å². The highest BCUT2D eigenvalue weighted by Gasteiger charge is 2.29. The van der Waals surface area contributed by atoms with Gasteiger partial charge >= 0.3 is 0 Å². The molecule has 2 N–H and O–H groups in total. The average Bonchev–Trinajstić information content (AvgIpc) is 2.70. The maximum absolute atomic E-state index is 13.1. The third-order valence-corrected chi connectivity index (χ3v) is 5.28. The maximum atomic E-state index is 13.1.